The number of ether oxygens (including phenoxy) is 1. The smallest absolute Gasteiger partial charge is 0.318 e. The number of fused-ring (bicyclic) bond motifs is 2. The molecule has 11 heteroatoms. The highest BCUT2D eigenvalue weighted by Gasteiger charge is 2.45. The number of hydrogen-bond donors (Lipinski definition) is 3. The van der Waals surface area contributed by atoms with Gasteiger partial charge in [0.25, 0.3) is 5.91 Å². The Hall–Kier alpha value is -2.74. The number of likely N-dealkylation sites (tertiary alicyclic amines) is 1. The molecule has 1 aromatic heterocycles. The summed E-state index contributed by atoms with van der Waals surface area (Å²) in [6, 6.07) is 9.36. The summed E-state index contributed by atoms with van der Waals surface area (Å²) in [4.78, 5) is 30.3. The molecule has 2 saturated heterocycles. The number of aliphatic hydroxyl groups excluding tert-OH is 1. The van der Waals surface area contributed by atoms with E-state index in [9.17, 15) is 20.1 Å². The van der Waals surface area contributed by atoms with Crippen LogP contribution in [0, 0.1) is 14.9 Å². The predicted octanol–water partition coefficient (Wildman–Crippen LogP) is 4.31. The largest absolute Gasteiger partial charge is 0.508 e. The molecule has 0 unspecified atom stereocenters. The Morgan fingerprint density at radius 2 is 1.91 bits per heavy atom. The number of rotatable bonds is 8. The number of carbonyl (C=O) groups excluding carboxylic acids is 1. The molecule has 1 saturated carbocycles. The van der Waals surface area contributed by atoms with Crippen molar-refractivity contribution in [2.24, 2.45) is 11.3 Å². The van der Waals surface area contributed by atoms with E-state index >= 15 is 0 Å². The first-order valence-corrected chi connectivity index (χ1v) is 17.2. The normalized spacial score (nSPS) is 23.4. The Balaban J connectivity index is 1.14. The van der Waals surface area contributed by atoms with E-state index in [0.29, 0.717) is 43.7 Å². The SMILES string of the molecule is C[C@@]1(O)CCCN(c2nc(OCC3(CN4CCC(CO)CC4)CC3)nc3c2CN(C(=O)c2cc(O)cc4cccc(I)c24)C3)C1. The highest BCUT2D eigenvalue weighted by atomic mass is 127. The van der Waals surface area contributed by atoms with Crippen LogP contribution in [-0.2, 0) is 13.1 Å². The Bertz CT molecular complexity index is 1600. The summed E-state index contributed by atoms with van der Waals surface area (Å²) in [5.74, 6) is 1.04. The first-order chi connectivity index (χ1) is 21.6. The molecule has 2 aromatic carbocycles. The maximum Gasteiger partial charge on any atom is 0.318 e. The molecule has 45 heavy (non-hydrogen) atoms. The van der Waals surface area contributed by atoms with E-state index in [0.717, 1.165) is 96.1 Å². The number of carbonyl (C=O) groups is 1. The fraction of sp³-hybridized carbons (Fsp3) is 0.559. The third-order valence-corrected chi connectivity index (χ3v) is 11.0. The van der Waals surface area contributed by atoms with Gasteiger partial charge in [-0.2, -0.15) is 9.97 Å². The van der Waals surface area contributed by atoms with Crippen LogP contribution in [0.4, 0.5) is 5.82 Å². The van der Waals surface area contributed by atoms with Gasteiger partial charge in [0.05, 0.1) is 36.6 Å². The zero-order valence-electron chi connectivity index (χ0n) is 25.8. The van der Waals surface area contributed by atoms with Gasteiger partial charge in [-0.15, -0.1) is 0 Å². The number of aromatic hydroxyl groups is 1. The molecular weight excluding hydrogens is 685 g/mol. The number of phenolic OH excluding ortho intramolecular Hbond substituents is 1. The van der Waals surface area contributed by atoms with Crippen LogP contribution in [0.1, 0.15) is 67.1 Å². The summed E-state index contributed by atoms with van der Waals surface area (Å²) in [7, 11) is 0. The highest BCUT2D eigenvalue weighted by Crippen LogP contribution is 2.47. The van der Waals surface area contributed by atoms with Gasteiger partial charge < -0.3 is 34.8 Å². The van der Waals surface area contributed by atoms with E-state index in [2.05, 4.69) is 32.4 Å². The Morgan fingerprint density at radius 1 is 1.11 bits per heavy atom. The predicted molar refractivity (Wildman–Crippen MR) is 179 cm³/mol. The molecule has 10 nitrogen and oxygen atoms in total. The van der Waals surface area contributed by atoms with Crippen molar-refractivity contribution in [3.63, 3.8) is 0 Å². The fourth-order valence-corrected chi connectivity index (χ4v) is 8.14. The van der Waals surface area contributed by atoms with Crippen molar-refractivity contribution in [2.45, 2.75) is 64.1 Å². The molecule has 0 radical (unpaired) electrons. The molecule has 1 amide bonds. The van der Waals surface area contributed by atoms with E-state index in [1.165, 1.54) is 0 Å². The monoisotopic (exact) mass is 727 g/mol. The van der Waals surface area contributed by atoms with Gasteiger partial charge in [-0.3, -0.25) is 4.79 Å². The van der Waals surface area contributed by atoms with Crippen molar-refractivity contribution in [1.29, 1.82) is 0 Å². The Kier molecular flexibility index (Phi) is 8.32. The fourth-order valence-electron chi connectivity index (χ4n) is 7.34. The zero-order valence-corrected chi connectivity index (χ0v) is 28.0. The second-order valence-corrected chi connectivity index (χ2v) is 15.1. The minimum absolute atomic E-state index is 0.0584. The highest BCUT2D eigenvalue weighted by molar-refractivity contribution is 14.1. The van der Waals surface area contributed by atoms with Gasteiger partial charge in [0.2, 0.25) is 0 Å². The summed E-state index contributed by atoms with van der Waals surface area (Å²) >= 11 is 2.24. The molecule has 240 valence electrons. The third kappa shape index (κ3) is 6.45. The maximum absolute atomic E-state index is 14.1. The Labute approximate surface area is 277 Å². The number of phenols is 1. The summed E-state index contributed by atoms with van der Waals surface area (Å²) in [5.41, 5.74) is 1.39. The van der Waals surface area contributed by atoms with Gasteiger partial charge in [0.1, 0.15) is 11.6 Å². The summed E-state index contributed by atoms with van der Waals surface area (Å²) < 4.78 is 7.33. The molecule has 3 fully saturated rings. The number of nitrogens with zero attached hydrogens (tertiary/aromatic N) is 5. The van der Waals surface area contributed by atoms with Crippen LogP contribution >= 0.6 is 22.6 Å². The lowest BCUT2D eigenvalue weighted by Gasteiger charge is -2.38. The van der Waals surface area contributed by atoms with Crippen LogP contribution in [0.2, 0.25) is 0 Å². The minimum atomic E-state index is -0.829. The molecule has 3 N–H and O–H groups in total. The number of hydrogen-bond acceptors (Lipinski definition) is 9. The summed E-state index contributed by atoms with van der Waals surface area (Å²) in [6.07, 6.45) is 5.87. The van der Waals surface area contributed by atoms with E-state index in [1.54, 1.807) is 17.0 Å². The van der Waals surface area contributed by atoms with E-state index in [4.69, 9.17) is 14.7 Å². The van der Waals surface area contributed by atoms with Crippen molar-refractivity contribution in [1.82, 2.24) is 19.8 Å². The minimum Gasteiger partial charge on any atom is -0.508 e. The first-order valence-electron chi connectivity index (χ1n) is 16.2. The van der Waals surface area contributed by atoms with Gasteiger partial charge in [0.15, 0.2) is 0 Å². The van der Waals surface area contributed by atoms with Crippen molar-refractivity contribution in [2.75, 3.05) is 50.8 Å². The lowest BCUT2D eigenvalue weighted by atomic mass is 9.95. The second kappa shape index (κ2) is 12.1. The molecule has 0 bridgehead atoms. The van der Waals surface area contributed by atoms with Crippen molar-refractivity contribution in [3.05, 3.63) is 50.7 Å². The van der Waals surface area contributed by atoms with Crippen LogP contribution in [0.25, 0.3) is 10.8 Å². The van der Waals surface area contributed by atoms with Crippen LogP contribution in [0.5, 0.6) is 11.8 Å². The number of piperidine rings is 2. The van der Waals surface area contributed by atoms with Gasteiger partial charge in [-0.25, -0.2) is 0 Å². The van der Waals surface area contributed by atoms with Gasteiger partial charge in [-0.1, -0.05) is 12.1 Å². The summed E-state index contributed by atoms with van der Waals surface area (Å²) in [6.45, 7) is 7.56. The molecule has 4 aliphatic rings. The molecule has 3 aromatic rings. The quantitative estimate of drug-likeness (QED) is 0.292. The molecule has 1 atom stereocenters. The van der Waals surface area contributed by atoms with Crippen molar-refractivity contribution in [3.8, 4) is 11.8 Å². The van der Waals surface area contributed by atoms with Crippen LogP contribution in [0.3, 0.4) is 0 Å². The Morgan fingerprint density at radius 3 is 2.64 bits per heavy atom. The lowest BCUT2D eigenvalue weighted by Crippen LogP contribution is -2.47. The standard InChI is InChI=1S/C34H42IN5O5/c1-33(44)8-3-11-39(19-33)30-26-16-40(31(43)25-15-24(42)14-23-4-2-5-27(35)29(23)25)17-28(26)36-32(37-30)45-21-34(9-10-34)20-38-12-6-22(18-41)7-13-38/h2,4-5,14-15,22,41-42,44H,3,6-13,16-21H2,1H3/t33-/m1/s1. The van der Waals surface area contributed by atoms with Crippen LogP contribution in [-0.4, -0.2) is 92.5 Å². The number of aromatic nitrogens is 2. The maximum atomic E-state index is 14.1. The molecule has 4 heterocycles. The molecule has 7 rings (SSSR count). The number of anilines is 1. The number of amides is 1. The van der Waals surface area contributed by atoms with Crippen LogP contribution < -0.4 is 9.64 Å². The molecule has 3 aliphatic heterocycles. The average molecular weight is 728 g/mol. The van der Waals surface area contributed by atoms with Gasteiger partial charge in [0, 0.05) is 46.2 Å². The number of benzene rings is 2. The summed E-state index contributed by atoms with van der Waals surface area (Å²) in [5, 5.41) is 32.6. The number of β-amino-alcohol motifs (C(OH)–C–C–N with tert-alkyl or cyclic N) is 1. The number of aliphatic hydroxyl groups is 2. The third-order valence-electron chi connectivity index (χ3n) is 10.1. The first kappa shape index (κ1) is 30.9. The van der Waals surface area contributed by atoms with Crippen molar-refractivity contribution < 1.29 is 24.9 Å². The zero-order chi connectivity index (χ0) is 31.3. The average Bonchev–Trinajstić information content (AvgIpc) is 3.64. The van der Waals surface area contributed by atoms with Crippen molar-refractivity contribution >= 4 is 45.1 Å². The van der Waals surface area contributed by atoms with Crippen LogP contribution in [0.15, 0.2) is 30.3 Å². The molecular formula is C34H42IN5O5. The van der Waals surface area contributed by atoms with Gasteiger partial charge >= 0.3 is 6.01 Å². The van der Waals surface area contributed by atoms with E-state index < -0.39 is 5.60 Å². The number of halogens is 1. The topological polar surface area (TPSA) is 122 Å². The van der Waals surface area contributed by atoms with E-state index in [-0.39, 0.29) is 23.7 Å². The molecule has 0 spiro atoms. The molecule has 1 aliphatic carbocycles. The van der Waals surface area contributed by atoms with E-state index in [1.807, 2.05) is 25.1 Å². The second-order valence-electron chi connectivity index (χ2n) is 14.0. The lowest BCUT2D eigenvalue weighted by molar-refractivity contribution is 0.0445. The van der Waals surface area contributed by atoms with Gasteiger partial charge in [-0.05, 0) is 111 Å².